The van der Waals surface area contributed by atoms with Crippen molar-refractivity contribution in [2.75, 3.05) is 7.05 Å². The number of aliphatic hydroxyl groups is 1. The van der Waals surface area contributed by atoms with Gasteiger partial charge in [-0.2, -0.15) is 5.10 Å². The van der Waals surface area contributed by atoms with Crippen LogP contribution in [0.5, 0.6) is 0 Å². The number of fused-ring (bicyclic) bond motifs is 2. The molecule has 0 amide bonds. The third-order valence-corrected chi connectivity index (χ3v) is 6.37. The van der Waals surface area contributed by atoms with Crippen molar-refractivity contribution in [1.29, 1.82) is 0 Å². The summed E-state index contributed by atoms with van der Waals surface area (Å²) in [6, 6.07) is 1.37. The molecule has 2 fully saturated rings. The first-order valence-electron chi connectivity index (χ1n) is 7.55. The van der Waals surface area contributed by atoms with E-state index >= 15 is 0 Å². The van der Waals surface area contributed by atoms with E-state index in [1.54, 1.807) is 0 Å². The standard InChI is InChI=1S/C15H24BrN3O/c1-9-15(16)13(19(3)17-9)8-14(20)10-6-11-4-5-12(7-10)18(11)2/h10-12,14,20H,4-8H2,1-3H3. The van der Waals surface area contributed by atoms with E-state index in [9.17, 15) is 5.11 Å². The maximum absolute atomic E-state index is 10.7. The zero-order valence-electron chi connectivity index (χ0n) is 12.5. The first kappa shape index (κ1) is 14.5. The maximum Gasteiger partial charge on any atom is 0.0738 e. The fourth-order valence-corrected chi connectivity index (χ4v) is 4.53. The number of hydrogen-bond acceptors (Lipinski definition) is 3. The van der Waals surface area contributed by atoms with Crippen molar-refractivity contribution in [1.82, 2.24) is 14.7 Å². The topological polar surface area (TPSA) is 41.3 Å². The van der Waals surface area contributed by atoms with Crippen molar-refractivity contribution in [3.8, 4) is 0 Å². The van der Waals surface area contributed by atoms with Crippen molar-refractivity contribution in [3.05, 3.63) is 15.9 Å². The average molecular weight is 342 g/mol. The summed E-state index contributed by atoms with van der Waals surface area (Å²) in [6.07, 6.45) is 5.34. The molecule has 0 radical (unpaired) electrons. The molecule has 2 bridgehead atoms. The molecule has 0 saturated carbocycles. The van der Waals surface area contributed by atoms with E-state index in [0.29, 0.717) is 24.4 Å². The molecule has 2 aliphatic rings. The number of hydrogen-bond donors (Lipinski definition) is 1. The number of nitrogens with zero attached hydrogens (tertiary/aromatic N) is 3. The minimum atomic E-state index is -0.252. The van der Waals surface area contributed by atoms with Gasteiger partial charge >= 0.3 is 0 Å². The largest absolute Gasteiger partial charge is 0.392 e. The Bertz CT molecular complexity index is 488. The Labute approximate surface area is 129 Å². The second-order valence-electron chi connectivity index (χ2n) is 6.52. The van der Waals surface area contributed by atoms with Crippen LogP contribution in [0.25, 0.3) is 0 Å². The predicted molar refractivity (Wildman–Crippen MR) is 82.7 cm³/mol. The molecule has 3 heterocycles. The monoisotopic (exact) mass is 341 g/mol. The van der Waals surface area contributed by atoms with Crippen LogP contribution in [0.4, 0.5) is 0 Å². The van der Waals surface area contributed by atoms with Crippen LogP contribution in [0.15, 0.2) is 4.47 Å². The lowest BCUT2D eigenvalue weighted by atomic mass is 9.85. The Balaban J connectivity index is 1.69. The van der Waals surface area contributed by atoms with Crippen LogP contribution in [-0.4, -0.2) is 45.0 Å². The highest BCUT2D eigenvalue weighted by Gasteiger charge is 2.40. The van der Waals surface area contributed by atoms with E-state index in [0.717, 1.165) is 28.7 Å². The molecular formula is C15H24BrN3O. The lowest BCUT2D eigenvalue weighted by molar-refractivity contribution is 0.0357. The quantitative estimate of drug-likeness (QED) is 0.916. The highest BCUT2D eigenvalue weighted by molar-refractivity contribution is 9.10. The third-order valence-electron chi connectivity index (χ3n) is 5.34. The Hall–Kier alpha value is -0.390. The maximum atomic E-state index is 10.7. The zero-order chi connectivity index (χ0) is 14.4. The number of piperidine rings is 1. The number of rotatable bonds is 3. The first-order valence-corrected chi connectivity index (χ1v) is 8.34. The van der Waals surface area contributed by atoms with E-state index in [1.807, 2.05) is 18.7 Å². The van der Waals surface area contributed by atoms with Crippen LogP contribution in [0.2, 0.25) is 0 Å². The highest BCUT2D eigenvalue weighted by atomic mass is 79.9. The number of aryl methyl sites for hydroxylation is 2. The van der Waals surface area contributed by atoms with Gasteiger partial charge in [-0.1, -0.05) is 0 Å². The Kier molecular flexibility index (Phi) is 3.95. The van der Waals surface area contributed by atoms with E-state index in [1.165, 1.54) is 12.8 Å². The Morgan fingerprint density at radius 2 is 1.90 bits per heavy atom. The molecule has 2 saturated heterocycles. The van der Waals surface area contributed by atoms with E-state index in [2.05, 4.69) is 33.0 Å². The summed E-state index contributed by atoms with van der Waals surface area (Å²) in [6.45, 7) is 2.00. The van der Waals surface area contributed by atoms with Gasteiger partial charge in [0.15, 0.2) is 0 Å². The van der Waals surface area contributed by atoms with Gasteiger partial charge in [0.25, 0.3) is 0 Å². The van der Waals surface area contributed by atoms with Crippen molar-refractivity contribution in [3.63, 3.8) is 0 Å². The van der Waals surface area contributed by atoms with Crippen LogP contribution >= 0.6 is 15.9 Å². The Morgan fingerprint density at radius 1 is 1.30 bits per heavy atom. The van der Waals surface area contributed by atoms with Crippen molar-refractivity contribution >= 4 is 15.9 Å². The average Bonchev–Trinajstić information content (AvgIpc) is 2.76. The molecule has 3 unspecified atom stereocenters. The SMILES string of the molecule is Cc1nn(C)c(CC(O)C2CC3CCC(C2)N3C)c1Br. The minimum absolute atomic E-state index is 0.252. The fourth-order valence-electron chi connectivity index (χ4n) is 4.03. The fraction of sp³-hybridized carbons (Fsp3) is 0.800. The van der Waals surface area contributed by atoms with Gasteiger partial charge in [0.2, 0.25) is 0 Å². The van der Waals surface area contributed by atoms with Crippen molar-refractivity contribution in [2.45, 2.75) is 57.2 Å². The summed E-state index contributed by atoms with van der Waals surface area (Å²) < 4.78 is 2.95. The zero-order valence-corrected chi connectivity index (χ0v) is 14.1. The molecule has 4 nitrogen and oxygen atoms in total. The Morgan fingerprint density at radius 3 is 2.40 bits per heavy atom. The summed E-state index contributed by atoms with van der Waals surface area (Å²) in [5, 5.41) is 15.1. The van der Waals surface area contributed by atoms with E-state index < -0.39 is 0 Å². The molecule has 1 aromatic rings. The third kappa shape index (κ3) is 2.44. The minimum Gasteiger partial charge on any atom is -0.392 e. The summed E-state index contributed by atoms with van der Waals surface area (Å²) >= 11 is 3.60. The molecule has 20 heavy (non-hydrogen) atoms. The molecule has 1 aromatic heterocycles. The van der Waals surface area contributed by atoms with Crippen LogP contribution in [0, 0.1) is 12.8 Å². The van der Waals surface area contributed by atoms with Gasteiger partial charge in [-0.25, -0.2) is 0 Å². The number of aromatic nitrogens is 2. The van der Waals surface area contributed by atoms with Gasteiger partial charge in [0.1, 0.15) is 0 Å². The molecule has 3 rings (SSSR count). The molecule has 0 aliphatic carbocycles. The highest BCUT2D eigenvalue weighted by Crippen LogP contribution is 2.39. The molecule has 5 heteroatoms. The van der Waals surface area contributed by atoms with Gasteiger partial charge < -0.3 is 10.0 Å². The molecule has 0 spiro atoms. The van der Waals surface area contributed by atoms with E-state index in [4.69, 9.17) is 0 Å². The van der Waals surface area contributed by atoms with Crippen LogP contribution in [-0.2, 0) is 13.5 Å². The number of halogens is 1. The second-order valence-corrected chi connectivity index (χ2v) is 7.32. The normalized spacial score (nSPS) is 31.8. The smallest absolute Gasteiger partial charge is 0.0738 e. The second kappa shape index (κ2) is 5.43. The van der Waals surface area contributed by atoms with Crippen molar-refractivity contribution in [2.24, 2.45) is 13.0 Å². The lowest BCUT2D eigenvalue weighted by Gasteiger charge is -2.38. The van der Waals surface area contributed by atoms with Gasteiger partial charge in [-0.05, 0) is 61.5 Å². The lowest BCUT2D eigenvalue weighted by Crippen LogP contribution is -2.43. The molecule has 3 atom stereocenters. The van der Waals surface area contributed by atoms with Gasteiger partial charge in [-0.15, -0.1) is 0 Å². The number of aliphatic hydroxyl groups excluding tert-OH is 1. The van der Waals surface area contributed by atoms with Crippen LogP contribution in [0.3, 0.4) is 0 Å². The summed E-state index contributed by atoms with van der Waals surface area (Å²) in [5.41, 5.74) is 2.11. The van der Waals surface area contributed by atoms with Gasteiger partial charge in [0, 0.05) is 25.6 Å². The molecule has 2 aliphatic heterocycles. The van der Waals surface area contributed by atoms with Crippen molar-refractivity contribution < 1.29 is 5.11 Å². The molecule has 1 N–H and O–H groups in total. The van der Waals surface area contributed by atoms with Gasteiger partial charge in [0.05, 0.1) is 22.0 Å². The summed E-state index contributed by atoms with van der Waals surface area (Å²) in [5.74, 6) is 0.436. The van der Waals surface area contributed by atoms with Crippen LogP contribution < -0.4 is 0 Å². The summed E-state index contributed by atoms with van der Waals surface area (Å²) in [4.78, 5) is 2.52. The van der Waals surface area contributed by atoms with Crippen LogP contribution in [0.1, 0.15) is 37.1 Å². The molecule has 0 aromatic carbocycles. The molecule has 112 valence electrons. The first-order chi connectivity index (χ1) is 9.47. The van der Waals surface area contributed by atoms with Gasteiger partial charge in [-0.3, -0.25) is 4.68 Å². The van der Waals surface area contributed by atoms with E-state index in [-0.39, 0.29) is 6.10 Å². The summed E-state index contributed by atoms with van der Waals surface area (Å²) in [7, 11) is 4.20. The predicted octanol–water partition coefficient (Wildman–Crippen LogP) is 2.27. The molecular weight excluding hydrogens is 318 g/mol.